The Morgan fingerprint density at radius 1 is 1.33 bits per heavy atom. The number of hydrogen-bond acceptors (Lipinski definition) is 2. The molecule has 0 radical (unpaired) electrons. The van der Waals surface area contributed by atoms with Gasteiger partial charge in [0, 0.05) is 13.2 Å². The Hall–Kier alpha value is -1.02. The Kier molecular flexibility index (Phi) is 3.27. The molecule has 2 nitrogen and oxygen atoms in total. The summed E-state index contributed by atoms with van der Waals surface area (Å²) in [6.45, 7) is 4.01. The van der Waals surface area contributed by atoms with E-state index in [1.807, 2.05) is 12.1 Å². The first-order chi connectivity index (χ1) is 7.27. The summed E-state index contributed by atoms with van der Waals surface area (Å²) >= 11 is 0. The van der Waals surface area contributed by atoms with Gasteiger partial charge in [0.2, 0.25) is 0 Å². The molecule has 1 aliphatic rings. The van der Waals surface area contributed by atoms with Gasteiger partial charge in [0.1, 0.15) is 5.75 Å². The molecule has 1 N–H and O–H groups in total. The zero-order valence-electron chi connectivity index (χ0n) is 9.15. The van der Waals surface area contributed by atoms with Crippen LogP contribution in [0.5, 0.6) is 5.75 Å². The van der Waals surface area contributed by atoms with E-state index in [-0.39, 0.29) is 0 Å². The third-order valence-corrected chi connectivity index (χ3v) is 3.37. The fraction of sp³-hybridized carbons (Fsp3) is 0.538. The number of phenols is 1. The lowest BCUT2D eigenvalue weighted by Crippen LogP contribution is -2.20. The predicted molar refractivity (Wildman–Crippen MR) is 60.1 cm³/mol. The van der Waals surface area contributed by atoms with Crippen LogP contribution < -0.4 is 0 Å². The number of phenolic OH excluding ortho intramolecular Hbond substituents is 1. The molecule has 0 aromatic heterocycles. The van der Waals surface area contributed by atoms with Crippen molar-refractivity contribution in [3.8, 4) is 5.75 Å². The summed E-state index contributed by atoms with van der Waals surface area (Å²) in [5.41, 5.74) is 1.24. The van der Waals surface area contributed by atoms with E-state index in [1.54, 1.807) is 6.07 Å². The van der Waals surface area contributed by atoms with Gasteiger partial charge in [-0.05, 0) is 42.4 Å². The fourth-order valence-electron chi connectivity index (χ4n) is 2.30. The zero-order valence-corrected chi connectivity index (χ0v) is 9.15. The first kappa shape index (κ1) is 10.5. The summed E-state index contributed by atoms with van der Waals surface area (Å²) in [7, 11) is 0. The second kappa shape index (κ2) is 4.67. The highest BCUT2D eigenvalue weighted by molar-refractivity contribution is 5.29. The van der Waals surface area contributed by atoms with Crippen LogP contribution in [0.1, 0.15) is 31.2 Å². The zero-order chi connectivity index (χ0) is 10.7. The summed E-state index contributed by atoms with van der Waals surface area (Å²) < 4.78 is 5.36. The molecule has 15 heavy (non-hydrogen) atoms. The van der Waals surface area contributed by atoms with Crippen LogP contribution in [-0.2, 0) is 4.74 Å². The normalized spacial score (nSPS) is 20.1. The number of rotatable bonds is 2. The van der Waals surface area contributed by atoms with Gasteiger partial charge in [-0.1, -0.05) is 19.1 Å². The molecule has 1 unspecified atom stereocenters. The smallest absolute Gasteiger partial charge is 0.115 e. The van der Waals surface area contributed by atoms with Crippen LogP contribution in [0.4, 0.5) is 0 Å². The Balaban J connectivity index is 2.08. The predicted octanol–water partition coefficient (Wildman–Crippen LogP) is 2.92. The van der Waals surface area contributed by atoms with Gasteiger partial charge in [-0.15, -0.1) is 0 Å². The minimum absolute atomic E-state index is 0.367. The summed E-state index contributed by atoms with van der Waals surface area (Å²) in [4.78, 5) is 0. The van der Waals surface area contributed by atoms with Crippen molar-refractivity contribution >= 4 is 0 Å². The lowest BCUT2D eigenvalue weighted by Gasteiger charge is -2.28. The van der Waals surface area contributed by atoms with Gasteiger partial charge in [-0.3, -0.25) is 0 Å². The standard InChI is InChI=1S/C13H18O2/c1-10(11-5-7-15-8-6-11)12-3-2-4-13(14)9-12/h2-4,9-11,14H,5-8H2,1H3. The van der Waals surface area contributed by atoms with Crippen LogP contribution in [0.2, 0.25) is 0 Å². The lowest BCUT2D eigenvalue weighted by molar-refractivity contribution is 0.0596. The maximum Gasteiger partial charge on any atom is 0.115 e. The average Bonchev–Trinajstić information content (AvgIpc) is 2.29. The van der Waals surface area contributed by atoms with Gasteiger partial charge in [-0.25, -0.2) is 0 Å². The van der Waals surface area contributed by atoms with Crippen LogP contribution in [0.25, 0.3) is 0 Å². The Morgan fingerprint density at radius 3 is 2.73 bits per heavy atom. The van der Waals surface area contributed by atoms with Crippen LogP contribution in [0.15, 0.2) is 24.3 Å². The minimum Gasteiger partial charge on any atom is -0.508 e. The quantitative estimate of drug-likeness (QED) is 0.806. The molecule has 1 atom stereocenters. The van der Waals surface area contributed by atoms with E-state index in [0.717, 1.165) is 26.1 Å². The van der Waals surface area contributed by atoms with Gasteiger partial charge in [0.05, 0.1) is 0 Å². The molecule has 1 fully saturated rings. The van der Waals surface area contributed by atoms with E-state index in [0.29, 0.717) is 17.6 Å². The van der Waals surface area contributed by atoms with Crippen molar-refractivity contribution in [2.75, 3.05) is 13.2 Å². The molecular formula is C13H18O2. The highest BCUT2D eigenvalue weighted by Crippen LogP contribution is 2.32. The molecule has 1 heterocycles. The average molecular weight is 206 g/mol. The molecule has 82 valence electrons. The van der Waals surface area contributed by atoms with Crippen molar-refractivity contribution in [1.82, 2.24) is 0 Å². The maximum absolute atomic E-state index is 9.44. The second-order valence-corrected chi connectivity index (χ2v) is 4.33. The first-order valence-corrected chi connectivity index (χ1v) is 5.64. The van der Waals surface area contributed by atoms with Gasteiger partial charge in [0.15, 0.2) is 0 Å². The van der Waals surface area contributed by atoms with Crippen LogP contribution in [0.3, 0.4) is 0 Å². The fourth-order valence-corrected chi connectivity index (χ4v) is 2.30. The molecule has 0 spiro atoms. The topological polar surface area (TPSA) is 29.5 Å². The molecule has 0 bridgehead atoms. The number of aromatic hydroxyl groups is 1. The van der Waals surface area contributed by atoms with Crippen molar-refractivity contribution in [2.45, 2.75) is 25.7 Å². The van der Waals surface area contributed by atoms with E-state index in [1.165, 1.54) is 5.56 Å². The Labute approximate surface area is 90.9 Å². The van der Waals surface area contributed by atoms with E-state index in [4.69, 9.17) is 4.74 Å². The van der Waals surface area contributed by atoms with Crippen LogP contribution >= 0.6 is 0 Å². The van der Waals surface area contributed by atoms with Crippen molar-refractivity contribution in [3.63, 3.8) is 0 Å². The van der Waals surface area contributed by atoms with Gasteiger partial charge in [0.25, 0.3) is 0 Å². The second-order valence-electron chi connectivity index (χ2n) is 4.33. The maximum atomic E-state index is 9.44. The monoisotopic (exact) mass is 206 g/mol. The highest BCUT2D eigenvalue weighted by atomic mass is 16.5. The third kappa shape index (κ3) is 2.51. The summed E-state index contributed by atoms with van der Waals surface area (Å²) in [5, 5.41) is 9.44. The molecule has 1 saturated heterocycles. The highest BCUT2D eigenvalue weighted by Gasteiger charge is 2.21. The molecule has 2 rings (SSSR count). The number of ether oxygens (including phenoxy) is 1. The van der Waals surface area contributed by atoms with Crippen molar-refractivity contribution in [3.05, 3.63) is 29.8 Å². The SMILES string of the molecule is CC(c1cccc(O)c1)C1CCOCC1. The Morgan fingerprint density at radius 2 is 2.07 bits per heavy atom. The Bertz CT molecular complexity index is 316. The molecule has 1 aromatic rings. The molecule has 0 aliphatic carbocycles. The molecule has 0 amide bonds. The number of hydrogen-bond donors (Lipinski definition) is 1. The van der Waals surface area contributed by atoms with Crippen molar-refractivity contribution in [1.29, 1.82) is 0 Å². The van der Waals surface area contributed by atoms with Gasteiger partial charge in [-0.2, -0.15) is 0 Å². The molecule has 1 aliphatic heterocycles. The molecule has 0 saturated carbocycles. The third-order valence-electron chi connectivity index (χ3n) is 3.37. The van der Waals surface area contributed by atoms with Crippen LogP contribution in [-0.4, -0.2) is 18.3 Å². The van der Waals surface area contributed by atoms with E-state index in [9.17, 15) is 5.11 Å². The summed E-state index contributed by atoms with van der Waals surface area (Å²) in [6.07, 6.45) is 2.27. The molecular weight excluding hydrogens is 188 g/mol. The van der Waals surface area contributed by atoms with Gasteiger partial charge < -0.3 is 9.84 Å². The van der Waals surface area contributed by atoms with Crippen molar-refractivity contribution < 1.29 is 9.84 Å². The van der Waals surface area contributed by atoms with Gasteiger partial charge >= 0.3 is 0 Å². The molecule has 2 heteroatoms. The summed E-state index contributed by atoms with van der Waals surface area (Å²) in [6, 6.07) is 7.61. The van der Waals surface area contributed by atoms with Crippen molar-refractivity contribution in [2.24, 2.45) is 5.92 Å². The van der Waals surface area contributed by atoms with E-state index < -0.39 is 0 Å². The summed E-state index contributed by atoms with van der Waals surface area (Å²) in [5.74, 6) is 1.58. The molecule has 1 aromatic carbocycles. The van der Waals surface area contributed by atoms with E-state index in [2.05, 4.69) is 13.0 Å². The minimum atomic E-state index is 0.367. The number of benzene rings is 1. The van der Waals surface area contributed by atoms with Crippen LogP contribution in [0, 0.1) is 5.92 Å². The largest absolute Gasteiger partial charge is 0.508 e. The lowest BCUT2D eigenvalue weighted by atomic mass is 9.83. The first-order valence-electron chi connectivity index (χ1n) is 5.64. The van der Waals surface area contributed by atoms with E-state index >= 15 is 0 Å².